The molecule has 0 saturated carbocycles. The molecule has 1 aliphatic heterocycles. The van der Waals surface area contributed by atoms with E-state index in [1.54, 1.807) is 0 Å². The summed E-state index contributed by atoms with van der Waals surface area (Å²) in [6.45, 7) is 0.670. The number of primary amides is 1. The standard InChI is InChI=1S/C5H10N2O2/c6-5(8)4-2-1-3-9-7-4/h4,7H,1-3H2,(H2,6,8). The van der Waals surface area contributed by atoms with Crippen LogP contribution in [-0.2, 0) is 9.63 Å². The highest BCUT2D eigenvalue weighted by molar-refractivity contribution is 5.79. The fraction of sp³-hybridized carbons (Fsp3) is 0.800. The summed E-state index contributed by atoms with van der Waals surface area (Å²) in [6, 6.07) is -0.279. The predicted molar refractivity (Wildman–Crippen MR) is 31.3 cm³/mol. The van der Waals surface area contributed by atoms with Crippen molar-refractivity contribution in [1.29, 1.82) is 0 Å². The zero-order valence-electron chi connectivity index (χ0n) is 5.09. The van der Waals surface area contributed by atoms with Crippen LogP contribution >= 0.6 is 0 Å². The van der Waals surface area contributed by atoms with Gasteiger partial charge in [-0.15, -0.1) is 0 Å². The Bertz CT molecular complexity index is 110. The first-order chi connectivity index (χ1) is 4.30. The second-order valence-corrected chi connectivity index (χ2v) is 2.06. The molecule has 1 amide bonds. The van der Waals surface area contributed by atoms with Crippen molar-refractivity contribution in [1.82, 2.24) is 5.48 Å². The number of nitrogens with one attached hydrogen (secondary N) is 1. The van der Waals surface area contributed by atoms with E-state index < -0.39 is 0 Å². The maximum Gasteiger partial charge on any atom is 0.236 e. The molecule has 1 aliphatic rings. The van der Waals surface area contributed by atoms with Gasteiger partial charge in [0.05, 0.1) is 6.61 Å². The van der Waals surface area contributed by atoms with Gasteiger partial charge in [0.1, 0.15) is 6.04 Å². The highest BCUT2D eigenvalue weighted by Gasteiger charge is 2.17. The van der Waals surface area contributed by atoms with Gasteiger partial charge in [0.25, 0.3) is 0 Å². The summed E-state index contributed by atoms with van der Waals surface area (Å²) in [5, 5.41) is 0. The average Bonchev–Trinajstić information content (AvgIpc) is 1.90. The minimum atomic E-state index is -0.338. The van der Waals surface area contributed by atoms with Crippen LogP contribution in [-0.4, -0.2) is 18.6 Å². The monoisotopic (exact) mass is 130 g/mol. The third-order valence-electron chi connectivity index (χ3n) is 1.31. The highest BCUT2D eigenvalue weighted by atomic mass is 16.6. The van der Waals surface area contributed by atoms with Crippen molar-refractivity contribution in [3.8, 4) is 0 Å². The molecule has 1 unspecified atom stereocenters. The zero-order chi connectivity index (χ0) is 6.69. The van der Waals surface area contributed by atoms with Gasteiger partial charge in [0.2, 0.25) is 5.91 Å². The molecule has 1 fully saturated rings. The lowest BCUT2D eigenvalue weighted by atomic mass is 10.1. The van der Waals surface area contributed by atoms with E-state index in [1.807, 2.05) is 0 Å². The number of carbonyl (C=O) groups excluding carboxylic acids is 1. The number of hydroxylamine groups is 1. The molecule has 3 N–H and O–H groups in total. The Labute approximate surface area is 53.3 Å². The number of rotatable bonds is 1. The number of hydrogen-bond donors (Lipinski definition) is 2. The van der Waals surface area contributed by atoms with Gasteiger partial charge in [-0.05, 0) is 12.8 Å². The van der Waals surface area contributed by atoms with Crippen molar-refractivity contribution < 1.29 is 9.63 Å². The van der Waals surface area contributed by atoms with Gasteiger partial charge in [-0.25, -0.2) is 0 Å². The van der Waals surface area contributed by atoms with Crippen molar-refractivity contribution in [2.75, 3.05) is 6.61 Å². The molecule has 0 aromatic rings. The normalized spacial score (nSPS) is 27.8. The van der Waals surface area contributed by atoms with Gasteiger partial charge < -0.3 is 10.6 Å². The van der Waals surface area contributed by atoms with Crippen molar-refractivity contribution >= 4 is 5.91 Å². The van der Waals surface area contributed by atoms with E-state index in [2.05, 4.69) is 5.48 Å². The molecule has 4 nitrogen and oxygen atoms in total. The molecule has 0 aliphatic carbocycles. The summed E-state index contributed by atoms with van der Waals surface area (Å²) in [5.74, 6) is -0.338. The van der Waals surface area contributed by atoms with Crippen LogP contribution in [0.1, 0.15) is 12.8 Å². The molecule has 1 saturated heterocycles. The first-order valence-electron chi connectivity index (χ1n) is 2.97. The molecule has 1 rings (SSSR count). The molecule has 0 aromatic carbocycles. The van der Waals surface area contributed by atoms with Crippen LogP contribution in [0.3, 0.4) is 0 Å². The van der Waals surface area contributed by atoms with Crippen LogP contribution in [0.15, 0.2) is 0 Å². The van der Waals surface area contributed by atoms with E-state index in [0.717, 1.165) is 12.8 Å². The molecule has 4 heteroatoms. The van der Waals surface area contributed by atoms with Crippen LogP contribution in [0.25, 0.3) is 0 Å². The summed E-state index contributed by atoms with van der Waals surface area (Å²) in [7, 11) is 0. The lowest BCUT2D eigenvalue weighted by Crippen LogP contribution is -2.44. The smallest absolute Gasteiger partial charge is 0.236 e. The Morgan fingerprint density at radius 2 is 2.56 bits per heavy atom. The van der Waals surface area contributed by atoms with Crippen LogP contribution in [0.4, 0.5) is 0 Å². The summed E-state index contributed by atoms with van der Waals surface area (Å²) in [4.78, 5) is 15.2. The first-order valence-corrected chi connectivity index (χ1v) is 2.97. The molecule has 52 valence electrons. The van der Waals surface area contributed by atoms with Gasteiger partial charge in [-0.3, -0.25) is 4.79 Å². The van der Waals surface area contributed by atoms with Crippen molar-refractivity contribution in [2.45, 2.75) is 18.9 Å². The summed E-state index contributed by atoms with van der Waals surface area (Å²) < 4.78 is 0. The number of nitrogens with two attached hydrogens (primary N) is 1. The zero-order valence-corrected chi connectivity index (χ0v) is 5.09. The van der Waals surface area contributed by atoms with E-state index in [4.69, 9.17) is 10.6 Å². The first kappa shape index (κ1) is 6.51. The fourth-order valence-electron chi connectivity index (χ4n) is 0.778. The molecule has 9 heavy (non-hydrogen) atoms. The Morgan fingerprint density at radius 3 is 2.89 bits per heavy atom. The lowest BCUT2D eigenvalue weighted by Gasteiger charge is -2.19. The average molecular weight is 130 g/mol. The number of amides is 1. The van der Waals surface area contributed by atoms with E-state index in [9.17, 15) is 4.79 Å². The van der Waals surface area contributed by atoms with Gasteiger partial charge in [-0.1, -0.05) is 0 Å². The Morgan fingerprint density at radius 1 is 1.78 bits per heavy atom. The SMILES string of the molecule is NC(=O)C1CCCON1. The quantitative estimate of drug-likeness (QED) is 0.486. The topological polar surface area (TPSA) is 64.4 Å². The van der Waals surface area contributed by atoms with Gasteiger partial charge in [-0.2, -0.15) is 5.48 Å². The Hall–Kier alpha value is -0.610. The maximum atomic E-state index is 10.4. The second kappa shape index (κ2) is 2.80. The van der Waals surface area contributed by atoms with Crippen LogP contribution < -0.4 is 11.2 Å². The lowest BCUT2D eigenvalue weighted by molar-refractivity contribution is -0.127. The fourth-order valence-corrected chi connectivity index (χ4v) is 0.778. The maximum absolute atomic E-state index is 10.4. The minimum absolute atomic E-state index is 0.279. The van der Waals surface area contributed by atoms with Crippen molar-refractivity contribution in [3.63, 3.8) is 0 Å². The van der Waals surface area contributed by atoms with Crippen LogP contribution in [0, 0.1) is 0 Å². The molecular weight excluding hydrogens is 120 g/mol. The van der Waals surface area contributed by atoms with E-state index in [1.165, 1.54) is 0 Å². The summed E-state index contributed by atoms with van der Waals surface area (Å²) in [6.07, 6.45) is 1.69. The second-order valence-electron chi connectivity index (χ2n) is 2.06. The number of carbonyl (C=O) groups is 1. The van der Waals surface area contributed by atoms with E-state index >= 15 is 0 Å². The van der Waals surface area contributed by atoms with Crippen molar-refractivity contribution in [3.05, 3.63) is 0 Å². The molecule has 0 spiro atoms. The van der Waals surface area contributed by atoms with Gasteiger partial charge in [0, 0.05) is 0 Å². The summed E-state index contributed by atoms with van der Waals surface area (Å²) >= 11 is 0. The Balaban J connectivity index is 2.31. The van der Waals surface area contributed by atoms with E-state index in [-0.39, 0.29) is 11.9 Å². The third kappa shape index (κ3) is 1.65. The molecular formula is C5H10N2O2. The highest BCUT2D eigenvalue weighted by Crippen LogP contribution is 2.01. The van der Waals surface area contributed by atoms with E-state index in [0.29, 0.717) is 6.61 Å². The minimum Gasteiger partial charge on any atom is -0.368 e. The molecule has 0 radical (unpaired) electrons. The molecule has 0 aromatic heterocycles. The van der Waals surface area contributed by atoms with Crippen LogP contribution in [0.5, 0.6) is 0 Å². The summed E-state index contributed by atoms with van der Waals surface area (Å²) in [5.41, 5.74) is 7.53. The number of hydrogen-bond acceptors (Lipinski definition) is 3. The van der Waals surface area contributed by atoms with Gasteiger partial charge >= 0.3 is 0 Å². The van der Waals surface area contributed by atoms with Gasteiger partial charge in [0.15, 0.2) is 0 Å². The third-order valence-corrected chi connectivity index (χ3v) is 1.31. The molecule has 1 heterocycles. The van der Waals surface area contributed by atoms with Crippen LogP contribution in [0.2, 0.25) is 0 Å². The Kier molecular flexibility index (Phi) is 2.02. The molecule has 1 atom stereocenters. The largest absolute Gasteiger partial charge is 0.368 e. The molecule has 0 bridgehead atoms. The van der Waals surface area contributed by atoms with Crippen molar-refractivity contribution in [2.24, 2.45) is 5.73 Å². The predicted octanol–water partition coefficient (Wildman–Crippen LogP) is -0.845.